The zero-order chi connectivity index (χ0) is 14.3. The van der Waals surface area contributed by atoms with E-state index in [1.165, 1.54) is 6.33 Å². The fraction of sp³-hybridized carbons (Fsp3) is 0.600. The molecule has 0 bridgehead atoms. The maximum Gasteiger partial charge on any atom is 0.353 e. The number of rotatable bonds is 8. The lowest BCUT2D eigenvalue weighted by Gasteiger charge is -2.14. The minimum atomic E-state index is -0.715. The predicted octanol–water partition coefficient (Wildman–Crippen LogP) is -0.0282. The third-order valence-electron chi connectivity index (χ3n) is 2.33. The Balaban J connectivity index is 3.05. The van der Waals surface area contributed by atoms with Crippen LogP contribution in [-0.4, -0.2) is 50.9 Å². The van der Waals surface area contributed by atoms with Crippen molar-refractivity contribution >= 4 is 17.3 Å². The summed E-state index contributed by atoms with van der Waals surface area (Å²) >= 11 is 0. The van der Waals surface area contributed by atoms with Crippen LogP contribution in [0.15, 0.2) is 6.33 Å². The average Bonchev–Trinajstić information content (AvgIpc) is 2.42. The molecule has 106 valence electrons. The number of hydrogen-bond donors (Lipinski definition) is 4. The number of aliphatic hydroxyl groups excluding tert-OH is 2. The first kappa shape index (κ1) is 15.1. The van der Waals surface area contributed by atoms with Gasteiger partial charge in [-0.2, -0.15) is 0 Å². The van der Waals surface area contributed by atoms with Gasteiger partial charge in [-0.1, -0.05) is 6.92 Å². The fourth-order valence-corrected chi connectivity index (χ4v) is 1.37. The smallest absolute Gasteiger partial charge is 0.353 e. The third-order valence-corrected chi connectivity index (χ3v) is 2.33. The van der Waals surface area contributed by atoms with Gasteiger partial charge in [-0.25, -0.2) is 9.97 Å². The number of aliphatic hydroxyl groups is 2. The quantitative estimate of drug-likeness (QED) is 0.382. The van der Waals surface area contributed by atoms with E-state index in [2.05, 4.69) is 20.6 Å². The number of nitrogens with one attached hydrogen (secondary N) is 2. The summed E-state index contributed by atoms with van der Waals surface area (Å²) in [7, 11) is 0. The Hall–Kier alpha value is -2.00. The highest BCUT2D eigenvalue weighted by Gasteiger charge is 2.24. The van der Waals surface area contributed by atoms with Gasteiger partial charge in [0, 0.05) is 6.54 Å². The summed E-state index contributed by atoms with van der Waals surface area (Å²) in [5, 5.41) is 34.5. The molecule has 1 aromatic heterocycles. The van der Waals surface area contributed by atoms with Crippen molar-refractivity contribution in [3.63, 3.8) is 0 Å². The number of aromatic nitrogens is 2. The molecule has 0 radical (unpaired) electrons. The van der Waals surface area contributed by atoms with Gasteiger partial charge in [-0.05, 0) is 6.42 Å². The van der Waals surface area contributed by atoms with E-state index in [1.54, 1.807) is 0 Å². The van der Waals surface area contributed by atoms with Crippen molar-refractivity contribution in [2.45, 2.75) is 19.4 Å². The van der Waals surface area contributed by atoms with Crippen molar-refractivity contribution in [3.8, 4) is 0 Å². The summed E-state index contributed by atoms with van der Waals surface area (Å²) in [5.74, 6) is 0.0747. The molecule has 1 aromatic rings. The highest BCUT2D eigenvalue weighted by atomic mass is 16.6. The van der Waals surface area contributed by atoms with Crippen molar-refractivity contribution in [2.24, 2.45) is 0 Å². The van der Waals surface area contributed by atoms with Crippen molar-refractivity contribution in [1.82, 2.24) is 9.97 Å². The van der Waals surface area contributed by atoms with Crippen molar-refractivity contribution in [3.05, 3.63) is 16.4 Å². The Morgan fingerprint density at radius 3 is 2.53 bits per heavy atom. The molecule has 9 nitrogen and oxygen atoms in total. The van der Waals surface area contributed by atoms with Gasteiger partial charge in [0.2, 0.25) is 11.6 Å². The number of hydrogen-bond acceptors (Lipinski definition) is 8. The summed E-state index contributed by atoms with van der Waals surface area (Å²) in [6.07, 6.45) is 1.97. The van der Waals surface area contributed by atoms with Crippen LogP contribution in [0, 0.1) is 10.1 Å². The van der Waals surface area contributed by atoms with Crippen LogP contribution >= 0.6 is 0 Å². The maximum absolute atomic E-state index is 11.1. The fourth-order valence-electron chi connectivity index (χ4n) is 1.37. The number of nitrogens with zero attached hydrogens (tertiary/aromatic N) is 3. The molecule has 1 heterocycles. The van der Waals surface area contributed by atoms with E-state index in [-0.39, 0.29) is 30.5 Å². The molecule has 19 heavy (non-hydrogen) atoms. The third kappa shape index (κ3) is 4.00. The zero-order valence-corrected chi connectivity index (χ0v) is 10.5. The summed E-state index contributed by atoms with van der Waals surface area (Å²) in [6.45, 7) is 1.73. The molecule has 0 atom stereocenters. The summed E-state index contributed by atoms with van der Waals surface area (Å²) in [6, 6.07) is -0.715. The molecule has 0 unspecified atom stereocenters. The van der Waals surface area contributed by atoms with Crippen molar-refractivity contribution in [1.29, 1.82) is 0 Å². The lowest BCUT2D eigenvalue weighted by molar-refractivity contribution is -0.383. The second kappa shape index (κ2) is 7.44. The SMILES string of the molecule is CCCNc1ncnc(NC(CO)CO)c1[N+](=O)[O-]. The first-order chi connectivity index (χ1) is 9.13. The molecule has 0 amide bonds. The first-order valence-electron chi connectivity index (χ1n) is 5.85. The second-order valence-corrected chi connectivity index (χ2v) is 3.81. The van der Waals surface area contributed by atoms with E-state index in [4.69, 9.17) is 10.2 Å². The molecule has 0 fully saturated rings. The summed E-state index contributed by atoms with van der Waals surface area (Å²) < 4.78 is 0. The van der Waals surface area contributed by atoms with Crippen LogP contribution in [0.5, 0.6) is 0 Å². The molecule has 0 aliphatic heterocycles. The normalized spacial score (nSPS) is 10.5. The van der Waals surface area contributed by atoms with E-state index >= 15 is 0 Å². The van der Waals surface area contributed by atoms with E-state index in [1.807, 2.05) is 6.92 Å². The van der Waals surface area contributed by atoms with Gasteiger partial charge < -0.3 is 20.8 Å². The molecule has 0 saturated carbocycles. The molecular weight excluding hydrogens is 254 g/mol. The van der Waals surface area contributed by atoms with Crippen LogP contribution < -0.4 is 10.6 Å². The summed E-state index contributed by atoms with van der Waals surface area (Å²) in [5.41, 5.74) is -0.303. The zero-order valence-electron chi connectivity index (χ0n) is 10.5. The Kier molecular flexibility index (Phi) is 5.90. The van der Waals surface area contributed by atoms with Gasteiger partial charge in [-0.3, -0.25) is 10.1 Å². The largest absolute Gasteiger partial charge is 0.394 e. The van der Waals surface area contributed by atoms with Crippen LogP contribution in [-0.2, 0) is 0 Å². The van der Waals surface area contributed by atoms with Gasteiger partial charge in [0.15, 0.2) is 0 Å². The van der Waals surface area contributed by atoms with E-state index < -0.39 is 11.0 Å². The molecular formula is C10H17N5O4. The molecule has 4 N–H and O–H groups in total. The highest BCUT2D eigenvalue weighted by molar-refractivity contribution is 5.69. The monoisotopic (exact) mass is 271 g/mol. The van der Waals surface area contributed by atoms with E-state index in [0.717, 1.165) is 6.42 Å². The first-order valence-corrected chi connectivity index (χ1v) is 5.85. The van der Waals surface area contributed by atoms with Crippen LogP contribution in [0.1, 0.15) is 13.3 Å². The van der Waals surface area contributed by atoms with Crippen molar-refractivity contribution < 1.29 is 15.1 Å². The highest BCUT2D eigenvalue weighted by Crippen LogP contribution is 2.29. The van der Waals surface area contributed by atoms with Crippen LogP contribution in [0.2, 0.25) is 0 Å². The van der Waals surface area contributed by atoms with Gasteiger partial charge >= 0.3 is 5.69 Å². The Morgan fingerprint density at radius 2 is 2.00 bits per heavy atom. The minimum Gasteiger partial charge on any atom is -0.394 e. The average molecular weight is 271 g/mol. The minimum absolute atomic E-state index is 0.0355. The predicted molar refractivity (Wildman–Crippen MR) is 69.0 cm³/mol. The molecule has 0 aromatic carbocycles. The Labute approximate surface area is 109 Å². The van der Waals surface area contributed by atoms with E-state index in [0.29, 0.717) is 6.54 Å². The lowest BCUT2D eigenvalue weighted by atomic mass is 10.3. The van der Waals surface area contributed by atoms with Gasteiger partial charge in [-0.15, -0.1) is 0 Å². The molecule has 0 saturated heterocycles. The Bertz CT molecular complexity index is 424. The number of nitro groups is 1. The van der Waals surface area contributed by atoms with Gasteiger partial charge in [0.05, 0.1) is 24.2 Å². The van der Waals surface area contributed by atoms with Gasteiger partial charge in [0.1, 0.15) is 6.33 Å². The molecule has 1 rings (SSSR count). The Morgan fingerprint density at radius 1 is 1.37 bits per heavy atom. The summed E-state index contributed by atoms with van der Waals surface area (Å²) in [4.78, 5) is 18.1. The maximum atomic E-state index is 11.1. The molecule has 0 aliphatic carbocycles. The van der Waals surface area contributed by atoms with E-state index in [9.17, 15) is 10.1 Å². The molecule has 0 spiro atoms. The molecule has 0 aliphatic rings. The standard InChI is InChI=1S/C10H17N5O4/c1-2-3-11-9-8(15(18)19)10(13-6-12-9)14-7(4-16)5-17/h6-7,16-17H,2-5H2,1H3,(H2,11,12,13,14). The topological polar surface area (TPSA) is 133 Å². The molecule has 9 heteroatoms. The lowest BCUT2D eigenvalue weighted by Crippen LogP contribution is -2.28. The second-order valence-electron chi connectivity index (χ2n) is 3.81. The van der Waals surface area contributed by atoms with Crippen LogP contribution in [0.4, 0.5) is 17.3 Å². The van der Waals surface area contributed by atoms with Gasteiger partial charge in [0.25, 0.3) is 0 Å². The van der Waals surface area contributed by atoms with Crippen molar-refractivity contribution in [2.75, 3.05) is 30.4 Å². The van der Waals surface area contributed by atoms with Crippen LogP contribution in [0.25, 0.3) is 0 Å². The van der Waals surface area contributed by atoms with Crippen LogP contribution in [0.3, 0.4) is 0 Å². The number of anilines is 2.